The van der Waals surface area contributed by atoms with Gasteiger partial charge in [0.05, 0.1) is 12.1 Å². The van der Waals surface area contributed by atoms with Gasteiger partial charge in [0.1, 0.15) is 23.1 Å². The summed E-state index contributed by atoms with van der Waals surface area (Å²) in [6, 6.07) is 13.7. The molecule has 3 heterocycles. The molecular weight excluding hydrogens is 428 g/mol. The molecule has 0 radical (unpaired) electrons. The Morgan fingerprint density at radius 2 is 1.79 bits per heavy atom. The number of carbonyl (C=O) groups excluding carboxylic acids is 1. The van der Waals surface area contributed by atoms with Gasteiger partial charge in [-0.2, -0.15) is 0 Å². The molecule has 0 saturated carbocycles. The summed E-state index contributed by atoms with van der Waals surface area (Å²) in [7, 11) is 0. The number of nitrogens with zero attached hydrogens (tertiary/aromatic N) is 3. The van der Waals surface area contributed by atoms with Crippen LogP contribution in [0.2, 0.25) is 0 Å². The molecule has 0 unspecified atom stereocenters. The van der Waals surface area contributed by atoms with Gasteiger partial charge in [-0.05, 0) is 54.8 Å². The van der Waals surface area contributed by atoms with Crippen LogP contribution in [-0.2, 0) is 6.42 Å². The molecule has 1 fully saturated rings. The predicted molar refractivity (Wildman–Crippen MR) is 115 cm³/mol. The first-order chi connectivity index (χ1) is 16.0. The maximum Gasteiger partial charge on any atom is 0.292 e. The normalized spacial score (nSPS) is 16.2. The van der Waals surface area contributed by atoms with E-state index in [0.717, 1.165) is 18.4 Å². The van der Waals surface area contributed by atoms with Crippen LogP contribution >= 0.6 is 0 Å². The minimum Gasteiger partial charge on any atom is -0.445 e. The molecule has 0 N–H and O–H groups in total. The summed E-state index contributed by atoms with van der Waals surface area (Å²) in [5.41, 5.74) is 2.08. The molecule has 0 aliphatic carbocycles. The van der Waals surface area contributed by atoms with Crippen molar-refractivity contribution >= 4 is 5.91 Å². The van der Waals surface area contributed by atoms with Crippen LogP contribution in [0.5, 0.6) is 0 Å². The van der Waals surface area contributed by atoms with Gasteiger partial charge in [0.25, 0.3) is 5.91 Å². The molecule has 1 amide bonds. The first-order valence-electron chi connectivity index (χ1n) is 10.8. The fourth-order valence-electron chi connectivity index (χ4n) is 4.05. The number of rotatable bonds is 5. The summed E-state index contributed by atoms with van der Waals surface area (Å²) in [5.74, 6) is 0.529. The molecular formula is C25H21F2N3O3. The van der Waals surface area contributed by atoms with E-state index in [4.69, 9.17) is 8.94 Å². The molecule has 2 aromatic carbocycles. The van der Waals surface area contributed by atoms with E-state index in [1.165, 1.54) is 24.3 Å². The van der Waals surface area contributed by atoms with Crippen LogP contribution in [0.1, 0.15) is 46.5 Å². The number of hydrogen-bond donors (Lipinski definition) is 0. The molecule has 4 aromatic rings. The van der Waals surface area contributed by atoms with Crippen LogP contribution in [0.4, 0.5) is 8.78 Å². The average Bonchev–Trinajstić information content (AvgIpc) is 3.51. The Kier molecular flexibility index (Phi) is 5.73. The maximum atomic E-state index is 13.1. The number of halogens is 2. The van der Waals surface area contributed by atoms with Crippen molar-refractivity contribution in [1.29, 1.82) is 0 Å². The number of carbonyl (C=O) groups is 1. The lowest BCUT2D eigenvalue weighted by Gasteiger charge is -2.30. The van der Waals surface area contributed by atoms with Gasteiger partial charge in [0, 0.05) is 31.1 Å². The van der Waals surface area contributed by atoms with E-state index in [1.54, 1.807) is 41.4 Å². The van der Waals surface area contributed by atoms with Gasteiger partial charge in [0.2, 0.25) is 5.76 Å². The van der Waals surface area contributed by atoms with Gasteiger partial charge in [-0.25, -0.2) is 13.8 Å². The molecule has 1 aliphatic heterocycles. The number of piperidine rings is 1. The lowest BCUT2D eigenvalue weighted by Crippen LogP contribution is -2.39. The van der Waals surface area contributed by atoms with Gasteiger partial charge >= 0.3 is 0 Å². The zero-order valence-corrected chi connectivity index (χ0v) is 17.7. The van der Waals surface area contributed by atoms with E-state index in [1.807, 2.05) is 0 Å². The van der Waals surface area contributed by atoms with Crippen molar-refractivity contribution in [3.05, 3.63) is 95.4 Å². The Labute approximate surface area is 188 Å². The second-order valence-corrected chi connectivity index (χ2v) is 8.14. The highest BCUT2D eigenvalue weighted by Crippen LogP contribution is 2.29. The minimum absolute atomic E-state index is 0.0239. The zero-order valence-electron chi connectivity index (χ0n) is 17.7. The summed E-state index contributed by atoms with van der Waals surface area (Å²) in [6.07, 6.45) is 3.88. The number of amides is 1. The Morgan fingerprint density at radius 3 is 2.55 bits per heavy atom. The summed E-state index contributed by atoms with van der Waals surface area (Å²) >= 11 is 0. The fraction of sp³-hybridized carbons (Fsp3) is 0.240. The Morgan fingerprint density at radius 1 is 1.06 bits per heavy atom. The lowest BCUT2D eigenvalue weighted by molar-refractivity contribution is 0.0656. The Bertz CT molecular complexity index is 1250. The van der Waals surface area contributed by atoms with Crippen LogP contribution in [0, 0.1) is 11.6 Å². The molecule has 33 heavy (non-hydrogen) atoms. The second-order valence-electron chi connectivity index (χ2n) is 8.14. The highest BCUT2D eigenvalue weighted by molar-refractivity contribution is 5.92. The summed E-state index contributed by atoms with van der Waals surface area (Å²) in [4.78, 5) is 19.1. The van der Waals surface area contributed by atoms with Crippen molar-refractivity contribution in [3.8, 4) is 11.3 Å². The molecule has 1 saturated heterocycles. The molecule has 6 nitrogen and oxygen atoms in total. The average molecular weight is 449 g/mol. The van der Waals surface area contributed by atoms with Gasteiger partial charge < -0.3 is 13.8 Å². The van der Waals surface area contributed by atoms with E-state index in [0.29, 0.717) is 42.4 Å². The molecule has 168 valence electrons. The quantitative estimate of drug-likeness (QED) is 0.418. The lowest BCUT2D eigenvalue weighted by atomic mass is 9.98. The number of hydrogen-bond acceptors (Lipinski definition) is 5. The van der Waals surface area contributed by atoms with Crippen LogP contribution < -0.4 is 0 Å². The number of benzene rings is 2. The van der Waals surface area contributed by atoms with Crippen molar-refractivity contribution in [2.75, 3.05) is 13.1 Å². The minimum atomic E-state index is -0.342. The van der Waals surface area contributed by atoms with E-state index in [9.17, 15) is 13.6 Å². The van der Waals surface area contributed by atoms with Crippen LogP contribution in [0.25, 0.3) is 11.3 Å². The van der Waals surface area contributed by atoms with E-state index in [-0.39, 0.29) is 29.2 Å². The third-order valence-electron chi connectivity index (χ3n) is 5.78. The van der Waals surface area contributed by atoms with E-state index >= 15 is 0 Å². The standard InChI is InChI=1S/C25H21F2N3O3/c26-19-7-3-16(4-8-19)12-21-14-28-24(32-21)18-2-1-11-30(15-18)25(31)23-13-22(29-33-23)17-5-9-20(27)10-6-17/h3-10,13-14,18H,1-2,11-12,15H2/t18-/m0/s1. The van der Waals surface area contributed by atoms with Gasteiger partial charge in [-0.1, -0.05) is 17.3 Å². The van der Waals surface area contributed by atoms with Crippen LogP contribution in [0.15, 0.2) is 69.7 Å². The second kappa shape index (κ2) is 8.97. The monoisotopic (exact) mass is 449 g/mol. The molecule has 5 rings (SSSR count). The number of aromatic nitrogens is 2. The topological polar surface area (TPSA) is 72.4 Å². The van der Waals surface area contributed by atoms with Gasteiger partial charge in [0.15, 0.2) is 5.89 Å². The molecule has 1 atom stereocenters. The smallest absolute Gasteiger partial charge is 0.292 e. The maximum absolute atomic E-state index is 13.1. The molecule has 1 aliphatic rings. The van der Waals surface area contributed by atoms with Gasteiger partial charge in [-0.3, -0.25) is 4.79 Å². The first-order valence-corrected chi connectivity index (χ1v) is 10.8. The molecule has 0 spiro atoms. The largest absolute Gasteiger partial charge is 0.445 e. The van der Waals surface area contributed by atoms with E-state index in [2.05, 4.69) is 10.1 Å². The fourth-order valence-corrected chi connectivity index (χ4v) is 4.05. The first kappa shape index (κ1) is 21.1. The molecule has 0 bridgehead atoms. The third-order valence-corrected chi connectivity index (χ3v) is 5.78. The highest BCUT2D eigenvalue weighted by Gasteiger charge is 2.30. The van der Waals surface area contributed by atoms with Gasteiger partial charge in [-0.15, -0.1) is 0 Å². The highest BCUT2D eigenvalue weighted by atomic mass is 19.1. The summed E-state index contributed by atoms with van der Waals surface area (Å²) in [6.45, 7) is 1.06. The Balaban J connectivity index is 1.25. The third kappa shape index (κ3) is 4.69. The summed E-state index contributed by atoms with van der Waals surface area (Å²) in [5, 5.41) is 3.96. The van der Waals surface area contributed by atoms with Crippen molar-refractivity contribution < 1.29 is 22.5 Å². The number of likely N-dealkylation sites (tertiary alicyclic amines) is 1. The van der Waals surface area contributed by atoms with Crippen LogP contribution in [0.3, 0.4) is 0 Å². The van der Waals surface area contributed by atoms with Crippen molar-refractivity contribution in [2.45, 2.75) is 25.2 Å². The molecule has 8 heteroatoms. The number of oxazole rings is 1. The van der Waals surface area contributed by atoms with Crippen molar-refractivity contribution in [1.82, 2.24) is 15.0 Å². The molecule has 2 aromatic heterocycles. The van der Waals surface area contributed by atoms with Crippen LogP contribution in [-0.4, -0.2) is 34.0 Å². The predicted octanol–water partition coefficient (Wildman–Crippen LogP) is 5.22. The van der Waals surface area contributed by atoms with Crippen molar-refractivity contribution in [3.63, 3.8) is 0 Å². The summed E-state index contributed by atoms with van der Waals surface area (Å²) < 4.78 is 37.5. The van der Waals surface area contributed by atoms with Crippen molar-refractivity contribution in [2.24, 2.45) is 0 Å². The zero-order chi connectivity index (χ0) is 22.8. The Hall–Kier alpha value is -3.81. The SMILES string of the molecule is O=C(c1cc(-c2ccc(F)cc2)no1)N1CCC[C@H](c2ncc(Cc3ccc(F)cc3)o2)C1. The van der Waals surface area contributed by atoms with E-state index < -0.39 is 0 Å².